The van der Waals surface area contributed by atoms with Crippen LogP contribution in [-0.4, -0.2) is 11.6 Å². The maximum Gasteiger partial charge on any atom is 0.162 e. The van der Waals surface area contributed by atoms with Crippen LogP contribution in [0.5, 0.6) is 0 Å². The lowest BCUT2D eigenvalue weighted by Gasteiger charge is -2.44. The minimum atomic E-state index is -0.269. The number of hydrogen-bond acceptors (Lipinski definition) is 3. The molecule has 3 heteroatoms. The fourth-order valence-electron chi connectivity index (χ4n) is 5.70. The number of fused-ring (bicyclic) bond motifs is 1. The van der Waals surface area contributed by atoms with Crippen molar-refractivity contribution in [2.75, 3.05) is 0 Å². The minimum Gasteiger partial charge on any atom is -0.362 e. The van der Waals surface area contributed by atoms with E-state index >= 15 is 0 Å². The highest BCUT2D eigenvalue weighted by molar-refractivity contribution is 6.08. The quantitative estimate of drug-likeness (QED) is 0.658. The zero-order valence-corrected chi connectivity index (χ0v) is 18.3. The maximum absolute atomic E-state index is 13.4. The first-order chi connectivity index (χ1) is 14.2. The molecule has 30 heavy (non-hydrogen) atoms. The van der Waals surface area contributed by atoms with Crippen LogP contribution in [0, 0.1) is 10.8 Å². The molecular weight excluding hydrogens is 370 g/mol. The van der Waals surface area contributed by atoms with Gasteiger partial charge in [0.25, 0.3) is 0 Å². The Kier molecular flexibility index (Phi) is 4.12. The lowest BCUT2D eigenvalue weighted by atomic mass is 9.64. The van der Waals surface area contributed by atoms with E-state index in [2.05, 4.69) is 63.3 Å². The van der Waals surface area contributed by atoms with Crippen LogP contribution in [0.4, 0.5) is 0 Å². The zero-order valence-electron chi connectivity index (χ0n) is 18.3. The third-order valence-corrected chi connectivity index (χ3v) is 6.85. The fraction of sp³-hybridized carbons (Fsp3) is 0.407. The molecule has 1 aliphatic heterocycles. The molecule has 5 rings (SSSR count). The minimum absolute atomic E-state index is 0.0710. The topological polar surface area (TPSA) is 46.2 Å². The Morgan fingerprint density at radius 3 is 1.87 bits per heavy atom. The smallest absolute Gasteiger partial charge is 0.162 e. The van der Waals surface area contributed by atoms with Gasteiger partial charge in [0.1, 0.15) is 0 Å². The number of allylic oxidation sites excluding steroid dienone is 4. The van der Waals surface area contributed by atoms with Gasteiger partial charge in [-0.2, -0.15) is 0 Å². The summed E-state index contributed by atoms with van der Waals surface area (Å²) < 4.78 is 0. The molecule has 0 spiro atoms. The normalized spacial score (nSPS) is 23.3. The number of benzene rings is 2. The van der Waals surface area contributed by atoms with Gasteiger partial charge in [-0.15, -0.1) is 0 Å². The molecule has 3 nitrogen and oxygen atoms in total. The van der Waals surface area contributed by atoms with Crippen LogP contribution in [0.3, 0.4) is 0 Å². The molecule has 0 radical (unpaired) electrons. The molecule has 1 N–H and O–H groups in total. The lowest BCUT2D eigenvalue weighted by Crippen LogP contribution is -2.42. The Hall–Kier alpha value is -2.68. The van der Waals surface area contributed by atoms with Gasteiger partial charge in [0, 0.05) is 41.3 Å². The predicted molar refractivity (Wildman–Crippen MR) is 120 cm³/mol. The molecule has 0 atom stereocenters. The summed E-state index contributed by atoms with van der Waals surface area (Å²) in [6.45, 7) is 8.62. The average Bonchev–Trinajstić information content (AvgIpc) is 2.64. The Balaban J connectivity index is 1.78. The molecule has 2 aromatic rings. The number of carbonyl (C=O) groups excluding carboxylic acids is 2. The van der Waals surface area contributed by atoms with Gasteiger partial charge in [0.2, 0.25) is 0 Å². The second-order valence-corrected chi connectivity index (χ2v) is 10.8. The van der Waals surface area contributed by atoms with Crippen LogP contribution in [0.15, 0.2) is 65.0 Å². The van der Waals surface area contributed by atoms with Gasteiger partial charge < -0.3 is 5.32 Å². The van der Waals surface area contributed by atoms with E-state index in [9.17, 15) is 9.59 Å². The second-order valence-electron chi connectivity index (χ2n) is 10.8. The van der Waals surface area contributed by atoms with Gasteiger partial charge in [0.15, 0.2) is 11.6 Å². The standard InChI is InChI=1S/C27H29NO2/c1-26(2)12-19-24(21(29)14-26)23(18-11-7-9-16-8-5-6-10-17(16)18)25-20(28-19)13-27(3,4)15-22(25)30/h5-11,23,28H,12-15H2,1-4H3. The van der Waals surface area contributed by atoms with Gasteiger partial charge in [-0.25, -0.2) is 0 Å². The van der Waals surface area contributed by atoms with Crippen LogP contribution < -0.4 is 5.32 Å². The molecule has 0 aromatic heterocycles. The van der Waals surface area contributed by atoms with Crippen molar-refractivity contribution in [3.63, 3.8) is 0 Å². The van der Waals surface area contributed by atoms with E-state index in [4.69, 9.17) is 0 Å². The number of carbonyl (C=O) groups is 2. The van der Waals surface area contributed by atoms with Crippen molar-refractivity contribution >= 4 is 22.3 Å². The highest BCUT2D eigenvalue weighted by Gasteiger charge is 2.46. The molecule has 2 aromatic carbocycles. The van der Waals surface area contributed by atoms with E-state index in [-0.39, 0.29) is 28.3 Å². The summed E-state index contributed by atoms with van der Waals surface area (Å²) in [6.07, 6.45) is 2.72. The number of hydrogen-bond donors (Lipinski definition) is 1. The first-order valence-electron chi connectivity index (χ1n) is 10.9. The van der Waals surface area contributed by atoms with Crippen LogP contribution in [0.1, 0.15) is 64.9 Å². The highest BCUT2D eigenvalue weighted by Crippen LogP contribution is 2.51. The van der Waals surface area contributed by atoms with Crippen molar-refractivity contribution in [2.24, 2.45) is 10.8 Å². The molecule has 2 aliphatic carbocycles. The Morgan fingerprint density at radius 2 is 1.27 bits per heavy atom. The molecular formula is C27H29NO2. The van der Waals surface area contributed by atoms with Gasteiger partial charge in [-0.05, 0) is 40.0 Å². The summed E-state index contributed by atoms with van der Waals surface area (Å²) in [5.74, 6) is 0.0845. The predicted octanol–water partition coefficient (Wildman–Crippen LogP) is 5.81. The first-order valence-corrected chi connectivity index (χ1v) is 10.9. The molecule has 0 saturated carbocycles. The highest BCUT2D eigenvalue weighted by atomic mass is 16.1. The summed E-state index contributed by atoms with van der Waals surface area (Å²) in [4.78, 5) is 26.9. The van der Waals surface area contributed by atoms with E-state index in [1.807, 2.05) is 12.1 Å². The molecule has 0 bridgehead atoms. The van der Waals surface area contributed by atoms with E-state index in [1.54, 1.807) is 0 Å². The van der Waals surface area contributed by atoms with Crippen LogP contribution in [0.25, 0.3) is 10.8 Å². The van der Waals surface area contributed by atoms with Crippen molar-refractivity contribution in [3.8, 4) is 0 Å². The third kappa shape index (κ3) is 3.03. The second kappa shape index (κ2) is 6.41. The van der Waals surface area contributed by atoms with Gasteiger partial charge >= 0.3 is 0 Å². The number of dihydropyridines is 1. The summed E-state index contributed by atoms with van der Waals surface area (Å²) in [7, 11) is 0. The SMILES string of the molecule is CC1(C)CC(=O)C2=C(C1)NC1=C(C(=O)CC(C)(C)C1)C2c1cccc2ccccc12. The molecule has 0 amide bonds. The van der Waals surface area contributed by atoms with Crippen molar-refractivity contribution in [3.05, 3.63) is 70.6 Å². The van der Waals surface area contributed by atoms with E-state index in [1.165, 1.54) is 0 Å². The van der Waals surface area contributed by atoms with E-state index in [0.29, 0.717) is 12.8 Å². The summed E-state index contributed by atoms with van der Waals surface area (Å²) in [6, 6.07) is 14.5. The van der Waals surface area contributed by atoms with Gasteiger partial charge in [-0.1, -0.05) is 70.2 Å². The molecule has 0 unspecified atom stereocenters. The van der Waals surface area contributed by atoms with Crippen molar-refractivity contribution in [1.82, 2.24) is 5.32 Å². The molecule has 1 heterocycles. The fourth-order valence-corrected chi connectivity index (χ4v) is 5.70. The summed E-state index contributed by atoms with van der Waals surface area (Å²) in [5.41, 5.74) is 4.62. The van der Waals surface area contributed by atoms with Crippen LogP contribution in [-0.2, 0) is 9.59 Å². The summed E-state index contributed by atoms with van der Waals surface area (Å²) in [5, 5.41) is 5.86. The van der Waals surface area contributed by atoms with Gasteiger partial charge in [-0.3, -0.25) is 9.59 Å². The van der Waals surface area contributed by atoms with Crippen LogP contribution in [0.2, 0.25) is 0 Å². The number of ketones is 2. The maximum atomic E-state index is 13.4. The van der Waals surface area contributed by atoms with Crippen LogP contribution >= 0.6 is 0 Å². The average molecular weight is 400 g/mol. The number of Topliss-reactive ketones (excluding diaryl/α,β-unsaturated/α-hetero) is 2. The van der Waals surface area contributed by atoms with Crippen molar-refractivity contribution < 1.29 is 9.59 Å². The van der Waals surface area contributed by atoms with E-state index in [0.717, 1.165) is 51.7 Å². The van der Waals surface area contributed by atoms with Crippen molar-refractivity contribution in [1.29, 1.82) is 0 Å². The Bertz CT molecular complexity index is 1110. The monoisotopic (exact) mass is 399 g/mol. The largest absolute Gasteiger partial charge is 0.362 e. The first kappa shape index (κ1) is 19.3. The Morgan fingerprint density at radius 1 is 0.733 bits per heavy atom. The molecule has 0 fully saturated rings. The zero-order chi connectivity index (χ0) is 21.3. The number of nitrogens with one attached hydrogen (secondary N) is 1. The van der Waals surface area contributed by atoms with E-state index < -0.39 is 0 Å². The molecule has 3 aliphatic rings. The molecule has 0 saturated heterocycles. The van der Waals surface area contributed by atoms with Crippen molar-refractivity contribution in [2.45, 2.75) is 59.3 Å². The Labute approximate surface area is 178 Å². The summed E-state index contributed by atoms with van der Waals surface area (Å²) >= 11 is 0. The molecule has 154 valence electrons. The van der Waals surface area contributed by atoms with Gasteiger partial charge in [0.05, 0.1) is 0 Å². The lowest BCUT2D eigenvalue weighted by molar-refractivity contribution is -0.119. The third-order valence-electron chi connectivity index (χ3n) is 6.85. The number of rotatable bonds is 1.